The highest BCUT2D eigenvalue weighted by Crippen LogP contribution is 2.18. The van der Waals surface area contributed by atoms with E-state index in [2.05, 4.69) is 35.0 Å². The van der Waals surface area contributed by atoms with E-state index in [1.54, 1.807) is 6.33 Å². The molecule has 3 rings (SSSR count). The van der Waals surface area contributed by atoms with Gasteiger partial charge in [-0.1, -0.05) is 24.3 Å². The molecule has 2 aromatic heterocycles. The Balaban J connectivity index is 1.86. The first-order chi connectivity index (χ1) is 10.1. The third-order valence-electron chi connectivity index (χ3n) is 3.54. The van der Waals surface area contributed by atoms with Crippen LogP contribution < -0.4 is 5.73 Å². The molecule has 0 saturated carbocycles. The van der Waals surface area contributed by atoms with Gasteiger partial charge in [-0.05, 0) is 26.0 Å². The van der Waals surface area contributed by atoms with Crippen molar-refractivity contribution in [3.63, 3.8) is 0 Å². The first-order valence-corrected chi connectivity index (χ1v) is 7.15. The monoisotopic (exact) mass is 281 g/mol. The highest BCUT2D eigenvalue weighted by molar-refractivity contribution is 5.78. The quantitative estimate of drug-likeness (QED) is 0.798. The van der Waals surface area contributed by atoms with E-state index in [0.29, 0.717) is 6.42 Å². The molecule has 108 valence electrons. The van der Waals surface area contributed by atoms with Gasteiger partial charge in [0.15, 0.2) is 0 Å². The second kappa shape index (κ2) is 5.61. The second-order valence-electron chi connectivity index (χ2n) is 5.45. The number of hydrogen-bond donors (Lipinski definition) is 1. The lowest BCUT2D eigenvalue weighted by Gasteiger charge is -2.14. The molecule has 3 aromatic rings. The first kappa shape index (κ1) is 13.7. The lowest BCUT2D eigenvalue weighted by Crippen LogP contribution is -2.19. The van der Waals surface area contributed by atoms with Crippen LogP contribution >= 0.6 is 0 Å². The van der Waals surface area contributed by atoms with E-state index in [0.717, 1.165) is 22.4 Å². The number of benzene rings is 1. The van der Waals surface area contributed by atoms with Crippen LogP contribution in [0.3, 0.4) is 0 Å². The van der Waals surface area contributed by atoms with E-state index in [1.807, 2.05) is 35.0 Å². The molecule has 2 N–H and O–H groups in total. The maximum atomic E-state index is 6.30. The highest BCUT2D eigenvalue weighted by atomic mass is 15.3. The van der Waals surface area contributed by atoms with Gasteiger partial charge in [0.1, 0.15) is 12.2 Å². The molecule has 0 amide bonds. The van der Waals surface area contributed by atoms with Crippen molar-refractivity contribution in [2.75, 3.05) is 0 Å². The van der Waals surface area contributed by atoms with Crippen molar-refractivity contribution in [3.8, 4) is 0 Å². The van der Waals surface area contributed by atoms with Crippen molar-refractivity contribution in [1.82, 2.24) is 19.7 Å². The van der Waals surface area contributed by atoms with Gasteiger partial charge in [0.05, 0.1) is 17.3 Å². The van der Waals surface area contributed by atoms with Gasteiger partial charge in [-0.15, -0.1) is 0 Å². The van der Waals surface area contributed by atoms with E-state index in [4.69, 9.17) is 5.73 Å². The van der Waals surface area contributed by atoms with E-state index in [-0.39, 0.29) is 12.1 Å². The lowest BCUT2D eigenvalue weighted by atomic mass is 10.1. The molecule has 1 atom stereocenters. The maximum Gasteiger partial charge on any atom is 0.138 e. The Kier molecular flexibility index (Phi) is 3.66. The Morgan fingerprint density at radius 1 is 1.14 bits per heavy atom. The minimum Gasteiger partial charge on any atom is -0.322 e. The fraction of sp³-hybridized carbons (Fsp3) is 0.312. The molecule has 1 unspecified atom stereocenters. The molecule has 1 aromatic carbocycles. The van der Waals surface area contributed by atoms with Gasteiger partial charge >= 0.3 is 0 Å². The molecule has 0 aliphatic carbocycles. The van der Waals surface area contributed by atoms with Gasteiger partial charge < -0.3 is 5.73 Å². The van der Waals surface area contributed by atoms with Crippen LogP contribution in [0.5, 0.6) is 0 Å². The molecule has 0 aliphatic heterocycles. The van der Waals surface area contributed by atoms with Crippen LogP contribution in [0.25, 0.3) is 10.9 Å². The third kappa shape index (κ3) is 2.78. The van der Waals surface area contributed by atoms with Crippen molar-refractivity contribution in [3.05, 3.63) is 54.2 Å². The summed E-state index contributed by atoms with van der Waals surface area (Å²) in [5.41, 5.74) is 8.15. The summed E-state index contributed by atoms with van der Waals surface area (Å²) in [4.78, 5) is 8.96. The van der Waals surface area contributed by atoms with Gasteiger partial charge in [-0.3, -0.25) is 4.98 Å². The van der Waals surface area contributed by atoms with Crippen molar-refractivity contribution in [1.29, 1.82) is 0 Å². The minimum absolute atomic E-state index is 0.184. The van der Waals surface area contributed by atoms with Crippen LogP contribution in [-0.2, 0) is 6.42 Å². The number of nitrogens with zero attached hydrogens (tertiary/aromatic N) is 4. The van der Waals surface area contributed by atoms with Gasteiger partial charge in [-0.25, -0.2) is 9.67 Å². The van der Waals surface area contributed by atoms with Gasteiger partial charge in [0.25, 0.3) is 0 Å². The predicted octanol–water partition coefficient (Wildman–Crippen LogP) is 2.65. The maximum absolute atomic E-state index is 6.30. The fourth-order valence-electron chi connectivity index (χ4n) is 2.44. The molecule has 0 saturated heterocycles. The number of hydrogen-bond acceptors (Lipinski definition) is 4. The van der Waals surface area contributed by atoms with Gasteiger partial charge in [0, 0.05) is 17.8 Å². The van der Waals surface area contributed by atoms with Crippen molar-refractivity contribution in [2.24, 2.45) is 5.73 Å². The smallest absolute Gasteiger partial charge is 0.138 e. The Bertz CT molecular complexity index is 747. The summed E-state index contributed by atoms with van der Waals surface area (Å²) >= 11 is 0. The molecule has 0 radical (unpaired) electrons. The molecule has 0 spiro atoms. The molecule has 21 heavy (non-hydrogen) atoms. The van der Waals surface area contributed by atoms with Crippen molar-refractivity contribution < 1.29 is 0 Å². The van der Waals surface area contributed by atoms with Crippen LogP contribution in [0.4, 0.5) is 0 Å². The molecule has 5 heteroatoms. The number of nitrogens with two attached hydrogens (primary N) is 1. The molecule has 0 fully saturated rings. The summed E-state index contributed by atoms with van der Waals surface area (Å²) in [5, 5.41) is 5.37. The summed E-state index contributed by atoms with van der Waals surface area (Å²) in [7, 11) is 0. The Morgan fingerprint density at radius 3 is 2.76 bits per heavy atom. The van der Waals surface area contributed by atoms with E-state index >= 15 is 0 Å². The van der Waals surface area contributed by atoms with Gasteiger partial charge in [-0.2, -0.15) is 5.10 Å². The highest BCUT2D eigenvalue weighted by Gasteiger charge is 2.15. The summed E-state index contributed by atoms with van der Waals surface area (Å²) in [6.07, 6.45) is 2.21. The van der Waals surface area contributed by atoms with Crippen molar-refractivity contribution in [2.45, 2.75) is 32.4 Å². The molecule has 0 bridgehead atoms. The van der Waals surface area contributed by atoms with E-state index in [9.17, 15) is 0 Å². The van der Waals surface area contributed by atoms with E-state index in [1.165, 1.54) is 0 Å². The van der Waals surface area contributed by atoms with Crippen LogP contribution in [0, 0.1) is 0 Å². The number of fused-ring (bicyclic) bond motifs is 1. The summed E-state index contributed by atoms with van der Waals surface area (Å²) < 4.78 is 1.90. The lowest BCUT2D eigenvalue weighted by molar-refractivity contribution is 0.492. The number of aromatic nitrogens is 4. The van der Waals surface area contributed by atoms with Crippen LogP contribution in [-0.4, -0.2) is 19.7 Å². The number of rotatable bonds is 4. The molecule has 5 nitrogen and oxygen atoms in total. The largest absolute Gasteiger partial charge is 0.322 e. The molecule has 0 aliphatic rings. The standard InChI is InChI=1S/C16H19N5/c1-11(2)21-16(18-10-19-21)9-13(17)15-8-7-12-5-3-4-6-14(12)20-15/h3-8,10-11,13H,9,17H2,1-2H3. The average Bonchev–Trinajstić information content (AvgIpc) is 2.95. The normalized spacial score (nSPS) is 13.0. The Labute approximate surface area is 123 Å². The first-order valence-electron chi connectivity index (χ1n) is 7.15. The minimum atomic E-state index is -0.184. The molecular weight excluding hydrogens is 262 g/mol. The van der Waals surface area contributed by atoms with Crippen LogP contribution in [0.15, 0.2) is 42.7 Å². The Hall–Kier alpha value is -2.27. The number of pyridine rings is 1. The zero-order chi connectivity index (χ0) is 14.8. The van der Waals surface area contributed by atoms with E-state index < -0.39 is 0 Å². The predicted molar refractivity (Wildman–Crippen MR) is 82.8 cm³/mol. The zero-order valence-corrected chi connectivity index (χ0v) is 12.3. The third-order valence-corrected chi connectivity index (χ3v) is 3.54. The molecular formula is C16H19N5. The summed E-state index contributed by atoms with van der Waals surface area (Å²) in [5.74, 6) is 0.896. The summed E-state index contributed by atoms with van der Waals surface area (Å²) in [6.45, 7) is 4.16. The van der Waals surface area contributed by atoms with Crippen LogP contribution in [0.1, 0.15) is 37.4 Å². The summed E-state index contributed by atoms with van der Waals surface area (Å²) in [6, 6.07) is 12.2. The van der Waals surface area contributed by atoms with Crippen LogP contribution in [0.2, 0.25) is 0 Å². The SMILES string of the molecule is CC(C)n1ncnc1CC(N)c1ccc2ccccc2n1. The van der Waals surface area contributed by atoms with Gasteiger partial charge in [0.2, 0.25) is 0 Å². The second-order valence-corrected chi connectivity index (χ2v) is 5.45. The zero-order valence-electron chi connectivity index (χ0n) is 12.3. The molecule has 2 heterocycles. The number of para-hydroxylation sites is 1. The topological polar surface area (TPSA) is 69.6 Å². The Morgan fingerprint density at radius 2 is 1.95 bits per heavy atom. The average molecular weight is 281 g/mol. The fourth-order valence-corrected chi connectivity index (χ4v) is 2.44. The van der Waals surface area contributed by atoms with Crippen molar-refractivity contribution >= 4 is 10.9 Å².